The van der Waals surface area contributed by atoms with Gasteiger partial charge >= 0.3 is 0 Å². The van der Waals surface area contributed by atoms with Crippen molar-refractivity contribution in [2.75, 3.05) is 0 Å². The van der Waals surface area contributed by atoms with E-state index in [0.717, 1.165) is 0 Å². The summed E-state index contributed by atoms with van der Waals surface area (Å²) >= 11 is 0. The number of rotatable bonds is 3. The van der Waals surface area contributed by atoms with Crippen LogP contribution in [0.25, 0.3) is 0 Å². The Morgan fingerprint density at radius 3 is 2.45 bits per heavy atom. The van der Waals surface area contributed by atoms with E-state index in [-0.39, 0.29) is 20.5 Å². The molecule has 10 nitrogen and oxygen atoms in total. The van der Waals surface area contributed by atoms with E-state index >= 15 is 0 Å². The Labute approximate surface area is 164 Å². The first kappa shape index (κ1) is 18.7. The second-order valence-corrected chi connectivity index (χ2v) is 8.26. The molecule has 0 aliphatic carbocycles. The molecule has 0 saturated carbocycles. The third kappa shape index (κ3) is 2.78. The summed E-state index contributed by atoms with van der Waals surface area (Å²) in [6.07, 6.45) is -1.33. The van der Waals surface area contributed by atoms with Crippen LogP contribution < -0.4 is 0 Å². The zero-order chi connectivity index (χ0) is 20.9. The molecule has 2 unspecified atom stereocenters. The SMILES string of the molecule is CC1C(c2ccc([N+](=O)[O-])cc2)=NOC1C(=O)N1C(=O)c2ccccc2S1(=O)=O. The largest absolute Gasteiger partial charge is 0.381 e. The van der Waals surface area contributed by atoms with Crippen LogP contribution in [0.5, 0.6) is 0 Å². The van der Waals surface area contributed by atoms with Gasteiger partial charge < -0.3 is 4.84 Å². The molecule has 2 aliphatic rings. The first-order valence-electron chi connectivity index (χ1n) is 8.44. The quantitative estimate of drug-likeness (QED) is 0.423. The van der Waals surface area contributed by atoms with Crippen LogP contribution in [0.4, 0.5) is 5.69 Å². The van der Waals surface area contributed by atoms with Gasteiger partial charge in [-0.05, 0) is 24.3 Å². The zero-order valence-electron chi connectivity index (χ0n) is 14.9. The number of nitro groups is 1. The van der Waals surface area contributed by atoms with Crippen LogP contribution in [0.15, 0.2) is 58.6 Å². The number of sulfonamides is 1. The number of nitro benzene ring substituents is 1. The molecule has 0 spiro atoms. The number of carbonyl (C=O) groups excluding carboxylic acids is 2. The predicted molar refractivity (Wildman–Crippen MR) is 98.5 cm³/mol. The summed E-state index contributed by atoms with van der Waals surface area (Å²) in [7, 11) is -4.32. The topological polar surface area (TPSA) is 136 Å². The molecule has 2 amide bonds. The highest BCUT2D eigenvalue weighted by Gasteiger charge is 2.50. The van der Waals surface area contributed by atoms with Crippen LogP contribution >= 0.6 is 0 Å². The highest BCUT2D eigenvalue weighted by atomic mass is 32.2. The van der Waals surface area contributed by atoms with Crippen LogP contribution in [0, 0.1) is 16.0 Å². The molecule has 0 radical (unpaired) electrons. The lowest BCUT2D eigenvalue weighted by molar-refractivity contribution is -0.384. The lowest BCUT2D eigenvalue weighted by Gasteiger charge is -2.19. The lowest BCUT2D eigenvalue weighted by atomic mass is 9.93. The number of imide groups is 1. The van der Waals surface area contributed by atoms with Gasteiger partial charge in [-0.3, -0.25) is 19.7 Å². The molecule has 0 fully saturated rings. The molecule has 0 saturated heterocycles. The zero-order valence-corrected chi connectivity index (χ0v) is 15.7. The summed E-state index contributed by atoms with van der Waals surface area (Å²) < 4.78 is 25.6. The van der Waals surface area contributed by atoms with Crippen molar-refractivity contribution in [3.8, 4) is 0 Å². The number of nitrogens with zero attached hydrogens (tertiary/aromatic N) is 3. The van der Waals surface area contributed by atoms with Crippen LogP contribution in [0.2, 0.25) is 0 Å². The van der Waals surface area contributed by atoms with Gasteiger partial charge in [0, 0.05) is 17.7 Å². The minimum absolute atomic E-state index is 0.0805. The Morgan fingerprint density at radius 1 is 1.17 bits per heavy atom. The van der Waals surface area contributed by atoms with Gasteiger partial charge in [0.25, 0.3) is 27.5 Å². The Hall–Kier alpha value is -3.60. The summed E-state index contributed by atoms with van der Waals surface area (Å²) in [6.45, 7) is 1.59. The van der Waals surface area contributed by atoms with Crippen LogP contribution in [-0.4, -0.2) is 41.3 Å². The first-order chi connectivity index (χ1) is 13.7. The monoisotopic (exact) mass is 415 g/mol. The first-order valence-corrected chi connectivity index (χ1v) is 9.88. The minimum Gasteiger partial charge on any atom is -0.381 e. The van der Waals surface area contributed by atoms with E-state index < -0.39 is 38.8 Å². The number of carbonyl (C=O) groups is 2. The van der Waals surface area contributed by atoms with Crippen LogP contribution in [0.3, 0.4) is 0 Å². The number of amides is 2. The Morgan fingerprint density at radius 2 is 1.83 bits per heavy atom. The normalized spacial score (nSPS) is 22.0. The maximum Gasteiger partial charge on any atom is 0.288 e. The number of hydrogen-bond acceptors (Lipinski definition) is 8. The summed E-state index contributed by atoms with van der Waals surface area (Å²) in [5, 5.41) is 14.6. The molecular formula is C18H13N3O7S. The molecule has 2 aromatic carbocycles. The highest BCUT2D eigenvalue weighted by molar-refractivity contribution is 7.90. The van der Waals surface area contributed by atoms with Crippen molar-refractivity contribution < 1.29 is 27.8 Å². The van der Waals surface area contributed by atoms with Crippen LogP contribution in [-0.2, 0) is 19.7 Å². The molecule has 0 N–H and O–H groups in total. The molecule has 148 valence electrons. The smallest absolute Gasteiger partial charge is 0.288 e. The summed E-state index contributed by atoms with van der Waals surface area (Å²) in [5.41, 5.74) is 0.611. The fraction of sp³-hybridized carbons (Fsp3) is 0.167. The molecule has 4 rings (SSSR count). The summed E-state index contributed by atoms with van der Waals surface area (Å²) in [5.74, 6) is -2.67. The maximum atomic E-state index is 12.9. The van der Waals surface area contributed by atoms with Crippen molar-refractivity contribution >= 4 is 33.2 Å². The Balaban J connectivity index is 1.60. The van der Waals surface area contributed by atoms with Crippen molar-refractivity contribution in [1.29, 1.82) is 0 Å². The number of non-ortho nitro benzene ring substituents is 1. The average molecular weight is 415 g/mol. The standard InChI is InChI=1S/C18H13N3O7S/c1-10-15(11-6-8-12(9-7-11)21(24)25)19-28-16(10)18(23)20-17(22)13-4-2-3-5-14(13)29(20,26)27/h2-10,16H,1H3. The van der Waals surface area contributed by atoms with Gasteiger partial charge in [0.1, 0.15) is 4.90 Å². The molecular weight excluding hydrogens is 402 g/mol. The fourth-order valence-electron chi connectivity index (χ4n) is 3.28. The maximum absolute atomic E-state index is 12.9. The van der Waals surface area contributed by atoms with E-state index in [2.05, 4.69) is 5.16 Å². The van der Waals surface area contributed by atoms with E-state index in [1.165, 1.54) is 48.5 Å². The summed E-state index contributed by atoms with van der Waals surface area (Å²) in [6, 6.07) is 11.0. The second kappa shape index (κ2) is 6.48. The molecule has 2 atom stereocenters. The van der Waals surface area contributed by atoms with Crippen molar-refractivity contribution in [3.05, 3.63) is 69.8 Å². The summed E-state index contributed by atoms with van der Waals surface area (Å²) in [4.78, 5) is 40.6. The lowest BCUT2D eigenvalue weighted by Crippen LogP contribution is -2.45. The van der Waals surface area contributed by atoms with Crippen molar-refractivity contribution in [1.82, 2.24) is 4.31 Å². The highest BCUT2D eigenvalue weighted by Crippen LogP contribution is 2.33. The van der Waals surface area contributed by atoms with Gasteiger partial charge in [0.2, 0.25) is 6.10 Å². The third-order valence-electron chi connectivity index (χ3n) is 4.79. The molecule has 0 bridgehead atoms. The van der Waals surface area contributed by atoms with E-state index in [1.807, 2.05) is 0 Å². The molecule has 2 aromatic rings. The molecule has 2 aliphatic heterocycles. The average Bonchev–Trinajstić information content (AvgIpc) is 3.17. The second-order valence-electron chi connectivity index (χ2n) is 6.50. The molecule has 0 aromatic heterocycles. The van der Waals surface area contributed by atoms with Crippen LogP contribution in [0.1, 0.15) is 22.8 Å². The number of benzene rings is 2. The van der Waals surface area contributed by atoms with E-state index in [1.54, 1.807) is 6.92 Å². The van der Waals surface area contributed by atoms with Gasteiger partial charge in [-0.25, -0.2) is 8.42 Å². The van der Waals surface area contributed by atoms with Crippen molar-refractivity contribution in [2.45, 2.75) is 17.9 Å². The van der Waals surface area contributed by atoms with Gasteiger partial charge in [0.05, 0.1) is 22.1 Å². The minimum atomic E-state index is -4.32. The molecule has 2 heterocycles. The van der Waals surface area contributed by atoms with Gasteiger partial charge in [-0.15, -0.1) is 0 Å². The number of fused-ring (bicyclic) bond motifs is 1. The van der Waals surface area contributed by atoms with E-state index in [9.17, 15) is 28.1 Å². The number of hydrogen-bond donors (Lipinski definition) is 0. The van der Waals surface area contributed by atoms with Crippen molar-refractivity contribution in [2.24, 2.45) is 11.1 Å². The number of oxime groups is 1. The van der Waals surface area contributed by atoms with Gasteiger partial charge in [-0.2, -0.15) is 4.31 Å². The van der Waals surface area contributed by atoms with Gasteiger partial charge in [-0.1, -0.05) is 24.2 Å². The predicted octanol–water partition coefficient (Wildman–Crippen LogP) is 1.71. The van der Waals surface area contributed by atoms with E-state index in [0.29, 0.717) is 11.3 Å². The Bertz CT molecular complexity index is 1190. The fourth-order valence-corrected chi connectivity index (χ4v) is 4.82. The molecule has 11 heteroatoms. The van der Waals surface area contributed by atoms with E-state index in [4.69, 9.17) is 4.84 Å². The Kier molecular flexibility index (Phi) is 4.19. The third-order valence-corrected chi connectivity index (χ3v) is 6.53. The van der Waals surface area contributed by atoms with Gasteiger partial charge in [0.15, 0.2) is 0 Å². The molecule has 29 heavy (non-hydrogen) atoms. The van der Waals surface area contributed by atoms with Crippen molar-refractivity contribution in [3.63, 3.8) is 0 Å².